The van der Waals surface area contributed by atoms with E-state index >= 15 is 0 Å². The lowest BCUT2D eigenvalue weighted by atomic mass is 9.74. The fraction of sp³-hybridized carbons (Fsp3) is 0.923. The average Bonchev–Trinajstić information content (AvgIpc) is 2.34. The second-order valence-electron chi connectivity index (χ2n) is 5.97. The minimum Gasteiger partial charge on any atom is -0.303 e. The fourth-order valence-corrected chi connectivity index (χ4v) is 4.87. The highest BCUT2D eigenvalue weighted by atomic mass is 32.2. The largest absolute Gasteiger partial charge is 0.303 e. The van der Waals surface area contributed by atoms with Crippen LogP contribution in [0.5, 0.6) is 0 Å². The van der Waals surface area contributed by atoms with Crippen LogP contribution >= 0.6 is 0 Å². The van der Waals surface area contributed by atoms with E-state index in [1.807, 2.05) is 6.92 Å². The van der Waals surface area contributed by atoms with Crippen molar-refractivity contribution >= 4 is 16.1 Å². The number of hydrogen-bond donors (Lipinski definition) is 0. The van der Waals surface area contributed by atoms with Crippen LogP contribution in [-0.2, 0) is 14.6 Å². The zero-order valence-electron chi connectivity index (χ0n) is 11.1. The van der Waals surface area contributed by atoms with Crippen LogP contribution in [-0.4, -0.2) is 50.2 Å². The number of carbonyl (C=O) groups is 1. The van der Waals surface area contributed by atoms with Crippen LogP contribution in [0.15, 0.2) is 0 Å². The molecule has 1 aliphatic carbocycles. The van der Waals surface area contributed by atoms with Crippen molar-refractivity contribution in [2.45, 2.75) is 45.1 Å². The van der Waals surface area contributed by atoms with Gasteiger partial charge in [-0.2, -0.15) is 0 Å². The third kappa shape index (κ3) is 3.12. The summed E-state index contributed by atoms with van der Waals surface area (Å²) in [5.41, 5.74) is -0.215. The van der Waals surface area contributed by atoms with Crippen molar-refractivity contribution in [2.24, 2.45) is 5.41 Å². The smallest absolute Gasteiger partial charge is 0.153 e. The van der Waals surface area contributed by atoms with Crippen LogP contribution in [0.1, 0.15) is 39.0 Å². The molecule has 1 saturated carbocycles. The van der Waals surface area contributed by atoms with E-state index in [2.05, 4.69) is 4.90 Å². The molecule has 0 aromatic rings. The van der Waals surface area contributed by atoms with Crippen LogP contribution < -0.4 is 0 Å². The van der Waals surface area contributed by atoms with Gasteiger partial charge in [0.05, 0.1) is 11.5 Å². The zero-order valence-corrected chi connectivity index (χ0v) is 11.9. The molecule has 1 heterocycles. The maximum Gasteiger partial charge on any atom is 0.153 e. The molecule has 0 bridgehead atoms. The van der Waals surface area contributed by atoms with Gasteiger partial charge >= 0.3 is 0 Å². The van der Waals surface area contributed by atoms with Gasteiger partial charge in [-0.1, -0.05) is 19.3 Å². The Balaban J connectivity index is 2.02. The topological polar surface area (TPSA) is 54.5 Å². The Labute approximate surface area is 110 Å². The second-order valence-corrected chi connectivity index (χ2v) is 8.20. The second kappa shape index (κ2) is 5.29. The summed E-state index contributed by atoms with van der Waals surface area (Å²) in [6.07, 6.45) is 6.53. The fourth-order valence-electron chi connectivity index (χ4n) is 3.24. The van der Waals surface area contributed by atoms with Crippen molar-refractivity contribution in [3.8, 4) is 0 Å². The molecule has 0 N–H and O–H groups in total. The molecule has 1 saturated heterocycles. The quantitative estimate of drug-likeness (QED) is 0.726. The molecular weight excluding hydrogens is 250 g/mol. The van der Waals surface area contributed by atoms with E-state index in [4.69, 9.17) is 0 Å². The molecule has 4 nitrogen and oxygen atoms in total. The normalized spacial score (nSPS) is 31.9. The Hall–Kier alpha value is -0.420. The molecule has 0 radical (unpaired) electrons. The molecule has 1 atom stereocenters. The van der Waals surface area contributed by atoms with Gasteiger partial charge in [0.2, 0.25) is 0 Å². The molecule has 0 amide bonds. The summed E-state index contributed by atoms with van der Waals surface area (Å²) < 4.78 is 23.1. The first-order valence-electron chi connectivity index (χ1n) is 6.87. The molecule has 0 aromatic heterocycles. The summed E-state index contributed by atoms with van der Waals surface area (Å²) in [7, 11) is -2.86. The van der Waals surface area contributed by atoms with E-state index in [0.29, 0.717) is 6.54 Å². The van der Waals surface area contributed by atoms with Crippen LogP contribution in [0.25, 0.3) is 0 Å². The zero-order chi connectivity index (χ0) is 13.2. The Bertz CT molecular complexity index is 398. The van der Waals surface area contributed by atoms with Crippen molar-refractivity contribution < 1.29 is 13.2 Å². The summed E-state index contributed by atoms with van der Waals surface area (Å²) in [5, 5.41) is 0. The summed E-state index contributed by atoms with van der Waals surface area (Å²) in [4.78, 5) is 13.6. The molecule has 1 aliphatic heterocycles. The van der Waals surface area contributed by atoms with Gasteiger partial charge in [-0.3, -0.25) is 4.90 Å². The standard InChI is InChI=1S/C13H23NO3S/c1-12-9-18(16,17)8-7-14(12)10-13(11-15)5-3-2-4-6-13/h11-12H,2-10H2,1H3. The van der Waals surface area contributed by atoms with Crippen molar-refractivity contribution in [1.82, 2.24) is 4.90 Å². The highest BCUT2D eigenvalue weighted by Gasteiger charge is 2.37. The van der Waals surface area contributed by atoms with E-state index < -0.39 is 9.84 Å². The number of aldehydes is 1. The lowest BCUT2D eigenvalue weighted by Gasteiger charge is -2.41. The predicted octanol–water partition coefficient (Wildman–Crippen LogP) is 1.25. The number of carbonyl (C=O) groups excluding carboxylic acids is 1. The lowest BCUT2D eigenvalue weighted by molar-refractivity contribution is -0.119. The Morgan fingerprint density at radius 3 is 2.50 bits per heavy atom. The summed E-state index contributed by atoms with van der Waals surface area (Å²) in [6.45, 7) is 3.28. The average molecular weight is 273 g/mol. The highest BCUT2D eigenvalue weighted by molar-refractivity contribution is 7.91. The maximum atomic E-state index is 11.6. The van der Waals surface area contributed by atoms with Gasteiger partial charge in [-0.25, -0.2) is 8.42 Å². The van der Waals surface area contributed by atoms with Crippen molar-refractivity contribution in [3.63, 3.8) is 0 Å². The molecule has 0 spiro atoms. The number of hydrogen-bond acceptors (Lipinski definition) is 4. The van der Waals surface area contributed by atoms with Crippen molar-refractivity contribution in [1.29, 1.82) is 0 Å². The van der Waals surface area contributed by atoms with E-state index in [-0.39, 0.29) is 23.0 Å². The summed E-state index contributed by atoms with van der Waals surface area (Å²) in [5.74, 6) is 0.480. The number of sulfone groups is 1. The SMILES string of the molecule is CC1CS(=O)(=O)CCN1CC1(C=O)CCCCC1. The van der Waals surface area contributed by atoms with Gasteiger partial charge in [0, 0.05) is 24.5 Å². The predicted molar refractivity (Wildman–Crippen MR) is 71.3 cm³/mol. The third-order valence-corrected chi connectivity index (χ3v) is 6.22. The van der Waals surface area contributed by atoms with E-state index in [1.54, 1.807) is 0 Å². The third-order valence-electron chi connectivity index (χ3n) is 4.43. The maximum absolute atomic E-state index is 11.6. The minimum absolute atomic E-state index is 0.0440. The van der Waals surface area contributed by atoms with Crippen LogP contribution in [0.2, 0.25) is 0 Å². The lowest BCUT2D eigenvalue weighted by Crippen LogP contribution is -2.51. The van der Waals surface area contributed by atoms with Gasteiger partial charge in [0.25, 0.3) is 0 Å². The molecule has 2 fully saturated rings. The Kier molecular flexibility index (Phi) is 4.11. The number of nitrogens with zero attached hydrogens (tertiary/aromatic N) is 1. The Morgan fingerprint density at radius 2 is 1.94 bits per heavy atom. The molecule has 5 heteroatoms. The number of rotatable bonds is 3. The van der Waals surface area contributed by atoms with Crippen molar-refractivity contribution in [2.75, 3.05) is 24.6 Å². The molecular formula is C13H23NO3S. The first-order chi connectivity index (χ1) is 8.46. The van der Waals surface area contributed by atoms with Crippen LogP contribution in [0.3, 0.4) is 0 Å². The minimum atomic E-state index is -2.86. The molecule has 2 aliphatic rings. The van der Waals surface area contributed by atoms with Gasteiger partial charge < -0.3 is 4.79 Å². The first-order valence-corrected chi connectivity index (χ1v) is 8.69. The molecule has 2 rings (SSSR count). The summed E-state index contributed by atoms with van der Waals surface area (Å²) in [6, 6.07) is 0.0440. The van der Waals surface area contributed by atoms with Gasteiger partial charge in [0.1, 0.15) is 6.29 Å². The molecule has 0 aromatic carbocycles. The molecule has 18 heavy (non-hydrogen) atoms. The van der Waals surface area contributed by atoms with E-state index in [9.17, 15) is 13.2 Å². The molecule has 104 valence electrons. The summed E-state index contributed by atoms with van der Waals surface area (Å²) >= 11 is 0. The van der Waals surface area contributed by atoms with Gasteiger partial charge in [-0.05, 0) is 19.8 Å². The van der Waals surface area contributed by atoms with E-state index in [1.165, 1.54) is 6.42 Å². The first kappa shape index (κ1) is 14.0. The van der Waals surface area contributed by atoms with Crippen LogP contribution in [0, 0.1) is 5.41 Å². The monoisotopic (exact) mass is 273 g/mol. The van der Waals surface area contributed by atoms with Crippen LogP contribution in [0.4, 0.5) is 0 Å². The van der Waals surface area contributed by atoms with E-state index in [0.717, 1.165) is 38.5 Å². The Morgan fingerprint density at radius 1 is 1.28 bits per heavy atom. The van der Waals surface area contributed by atoms with Gasteiger partial charge in [0.15, 0.2) is 9.84 Å². The molecule has 1 unspecified atom stereocenters. The highest BCUT2D eigenvalue weighted by Crippen LogP contribution is 2.36. The van der Waals surface area contributed by atoms with Gasteiger partial charge in [-0.15, -0.1) is 0 Å². The van der Waals surface area contributed by atoms with Crippen molar-refractivity contribution in [3.05, 3.63) is 0 Å².